The summed E-state index contributed by atoms with van der Waals surface area (Å²) < 4.78 is 24.7. The van der Waals surface area contributed by atoms with Gasteiger partial charge in [-0.25, -0.2) is 9.18 Å². The number of methoxy groups -OCH3 is 2. The molecule has 1 aliphatic heterocycles. The van der Waals surface area contributed by atoms with Gasteiger partial charge in [0.15, 0.2) is 11.5 Å². The molecule has 35 heavy (non-hydrogen) atoms. The normalized spacial score (nSPS) is 14.6. The summed E-state index contributed by atoms with van der Waals surface area (Å²) in [7, 11) is 3.19. The molecule has 0 saturated carbocycles. The van der Waals surface area contributed by atoms with E-state index in [9.17, 15) is 14.0 Å². The Balaban J connectivity index is 1.49. The first-order valence-corrected chi connectivity index (χ1v) is 11.4. The molecule has 8 heteroatoms. The Hall–Kier alpha value is -4.07. The maximum Gasteiger partial charge on any atom is 0.318 e. The van der Waals surface area contributed by atoms with E-state index in [1.54, 1.807) is 31.3 Å². The third-order valence-electron chi connectivity index (χ3n) is 6.03. The summed E-state index contributed by atoms with van der Waals surface area (Å²) in [6.45, 7) is 0.616. The first-order chi connectivity index (χ1) is 17.0. The number of para-hydroxylation sites is 1. The smallest absolute Gasteiger partial charge is 0.318 e. The lowest BCUT2D eigenvalue weighted by Crippen LogP contribution is -2.46. The Labute approximate surface area is 203 Å². The topological polar surface area (TPSA) is 79.9 Å². The van der Waals surface area contributed by atoms with E-state index in [1.165, 1.54) is 12.1 Å². The van der Waals surface area contributed by atoms with Crippen LogP contribution in [0.3, 0.4) is 0 Å². The predicted octanol–water partition coefficient (Wildman–Crippen LogP) is 4.53. The van der Waals surface area contributed by atoms with Crippen molar-refractivity contribution in [3.63, 3.8) is 0 Å². The number of amides is 3. The third kappa shape index (κ3) is 5.37. The number of nitrogens with zero attached hydrogens (tertiary/aromatic N) is 1. The standard InChI is InChI=1S/C27H28FN3O4/c1-34-23-16-19-13-15-31(26(18-8-4-3-5-9-18)20(19)17-24(23)35-2)27(33)29-14-12-25(32)30-22-11-7-6-10-21(22)28/h3-11,16-17,26H,12-15H2,1-2H3,(H,29,33)(H,30,32). The Morgan fingerprint density at radius 3 is 2.40 bits per heavy atom. The van der Waals surface area contributed by atoms with Gasteiger partial charge in [0, 0.05) is 19.5 Å². The van der Waals surface area contributed by atoms with E-state index >= 15 is 0 Å². The van der Waals surface area contributed by atoms with Gasteiger partial charge >= 0.3 is 6.03 Å². The van der Waals surface area contributed by atoms with Gasteiger partial charge in [-0.15, -0.1) is 0 Å². The van der Waals surface area contributed by atoms with Gasteiger partial charge in [-0.2, -0.15) is 0 Å². The average Bonchev–Trinajstić information content (AvgIpc) is 2.88. The highest BCUT2D eigenvalue weighted by molar-refractivity contribution is 5.91. The van der Waals surface area contributed by atoms with Crippen molar-refractivity contribution in [2.24, 2.45) is 0 Å². The van der Waals surface area contributed by atoms with Gasteiger partial charge in [0.1, 0.15) is 5.82 Å². The van der Waals surface area contributed by atoms with Crippen LogP contribution in [0, 0.1) is 5.82 Å². The zero-order valence-electron chi connectivity index (χ0n) is 19.7. The van der Waals surface area contributed by atoms with Crippen LogP contribution < -0.4 is 20.1 Å². The number of urea groups is 1. The fourth-order valence-corrected chi connectivity index (χ4v) is 4.32. The summed E-state index contributed by atoms with van der Waals surface area (Å²) in [6.07, 6.45) is 0.672. The number of carbonyl (C=O) groups is 2. The second-order valence-electron chi connectivity index (χ2n) is 8.17. The number of anilines is 1. The van der Waals surface area contributed by atoms with Crippen molar-refractivity contribution < 1.29 is 23.5 Å². The predicted molar refractivity (Wildman–Crippen MR) is 131 cm³/mol. The van der Waals surface area contributed by atoms with E-state index in [4.69, 9.17) is 9.47 Å². The van der Waals surface area contributed by atoms with Crippen molar-refractivity contribution in [1.82, 2.24) is 10.2 Å². The minimum Gasteiger partial charge on any atom is -0.493 e. The van der Waals surface area contributed by atoms with Crippen molar-refractivity contribution in [2.45, 2.75) is 18.9 Å². The van der Waals surface area contributed by atoms with E-state index in [2.05, 4.69) is 10.6 Å². The molecule has 0 spiro atoms. The van der Waals surface area contributed by atoms with Crippen molar-refractivity contribution in [3.05, 3.63) is 89.2 Å². The fourth-order valence-electron chi connectivity index (χ4n) is 4.32. The van der Waals surface area contributed by atoms with Crippen LogP contribution in [0.1, 0.15) is 29.2 Å². The molecule has 1 unspecified atom stereocenters. The molecule has 0 fully saturated rings. The molecule has 0 aromatic heterocycles. The van der Waals surface area contributed by atoms with Gasteiger partial charge in [0.25, 0.3) is 0 Å². The van der Waals surface area contributed by atoms with E-state index in [0.29, 0.717) is 24.5 Å². The van der Waals surface area contributed by atoms with Crippen molar-refractivity contribution in [1.29, 1.82) is 0 Å². The summed E-state index contributed by atoms with van der Waals surface area (Å²) in [4.78, 5) is 27.2. The first-order valence-electron chi connectivity index (χ1n) is 11.4. The zero-order chi connectivity index (χ0) is 24.8. The van der Waals surface area contributed by atoms with Crippen LogP contribution in [-0.4, -0.2) is 44.1 Å². The number of hydrogen-bond acceptors (Lipinski definition) is 4. The quantitative estimate of drug-likeness (QED) is 0.524. The maximum atomic E-state index is 13.8. The molecule has 3 aromatic rings. The zero-order valence-corrected chi connectivity index (χ0v) is 19.7. The molecule has 3 amide bonds. The van der Waals surface area contributed by atoms with E-state index < -0.39 is 5.82 Å². The fraction of sp³-hybridized carbons (Fsp3) is 0.259. The number of rotatable bonds is 7. The highest BCUT2D eigenvalue weighted by atomic mass is 19.1. The SMILES string of the molecule is COc1cc2c(cc1OC)C(c1ccccc1)N(C(=O)NCCC(=O)Nc1ccccc1F)CC2. The Kier molecular flexibility index (Phi) is 7.50. The highest BCUT2D eigenvalue weighted by Gasteiger charge is 2.33. The molecule has 0 saturated heterocycles. The number of hydrogen-bond donors (Lipinski definition) is 2. The van der Waals surface area contributed by atoms with Gasteiger partial charge < -0.3 is 25.0 Å². The van der Waals surface area contributed by atoms with Crippen molar-refractivity contribution in [2.75, 3.05) is 32.6 Å². The lowest BCUT2D eigenvalue weighted by molar-refractivity contribution is -0.116. The molecule has 0 bridgehead atoms. The molecule has 1 aliphatic rings. The van der Waals surface area contributed by atoms with Gasteiger partial charge in [-0.05, 0) is 47.4 Å². The molecular weight excluding hydrogens is 449 g/mol. The molecule has 0 aliphatic carbocycles. The average molecular weight is 478 g/mol. The van der Waals surface area contributed by atoms with E-state index in [1.807, 2.05) is 42.5 Å². The summed E-state index contributed by atoms with van der Waals surface area (Å²) in [5.74, 6) is 0.363. The van der Waals surface area contributed by atoms with Gasteiger partial charge in [0.2, 0.25) is 5.91 Å². The van der Waals surface area contributed by atoms with Crippen LogP contribution in [0.25, 0.3) is 0 Å². The summed E-state index contributed by atoms with van der Waals surface area (Å²) in [6, 6.07) is 19.0. The minimum absolute atomic E-state index is 0.0194. The molecule has 1 atom stereocenters. The second-order valence-corrected chi connectivity index (χ2v) is 8.17. The van der Waals surface area contributed by atoms with Crippen LogP contribution >= 0.6 is 0 Å². The van der Waals surface area contributed by atoms with Gasteiger partial charge in [-0.1, -0.05) is 42.5 Å². The number of carbonyl (C=O) groups excluding carboxylic acids is 2. The second kappa shape index (κ2) is 10.9. The van der Waals surface area contributed by atoms with Crippen LogP contribution in [0.4, 0.5) is 14.9 Å². The highest BCUT2D eigenvalue weighted by Crippen LogP contribution is 2.40. The lowest BCUT2D eigenvalue weighted by Gasteiger charge is -2.38. The first kappa shape index (κ1) is 24.1. The number of benzene rings is 3. The molecular formula is C27H28FN3O4. The number of nitrogens with one attached hydrogen (secondary N) is 2. The van der Waals surface area contributed by atoms with Crippen molar-refractivity contribution in [3.8, 4) is 11.5 Å². The molecule has 1 heterocycles. The minimum atomic E-state index is -0.505. The Bertz CT molecular complexity index is 1200. The molecule has 4 rings (SSSR count). The largest absolute Gasteiger partial charge is 0.493 e. The van der Waals surface area contributed by atoms with Gasteiger partial charge in [0.05, 0.1) is 25.9 Å². The molecule has 7 nitrogen and oxygen atoms in total. The Morgan fingerprint density at radius 1 is 1.00 bits per heavy atom. The number of fused-ring (bicyclic) bond motifs is 1. The summed E-state index contributed by atoms with van der Waals surface area (Å²) in [5.41, 5.74) is 3.13. The van der Waals surface area contributed by atoms with E-state index in [0.717, 1.165) is 16.7 Å². The van der Waals surface area contributed by atoms with Crippen LogP contribution in [0.2, 0.25) is 0 Å². The third-order valence-corrected chi connectivity index (χ3v) is 6.03. The van der Waals surface area contributed by atoms with Gasteiger partial charge in [-0.3, -0.25) is 4.79 Å². The Morgan fingerprint density at radius 2 is 1.69 bits per heavy atom. The molecule has 3 aromatic carbocycles. The summed E-state index contributed by atoms with van der Waals surface area (Å²) >= 11 is 0. The molecule has 0 radical (unpaired) electrons. The maximum absolute atomic E-state index is 13.8. The van der Waals surface area contributed by atoms with Crippen LogP contribution in [-0.2, 0) is 11.2 Å². The van der Waals surface area contributed by atoms with E-state index in [-0.39, 0.29) is 36.6 Å². The lowest BCUT2D eigenvalue weighted by atomic mass is 9.88. The van der Waals surface area contributed by atoms with Crippen LogP contribution in [0.5, 0.6) is 11.5 Å². The molecule has 182 valence electrons. The monoisotopic (exact) mass is 477 g/mol. The molecule has 2 N–H and O–H groups in total. The summed E-state index contributed by atoms with van der Waals surface area (Å²) in [5, 5.41) is 5.37. The van der Waals surface area contributed by atoms with Crippen LogP contribution in [0.15, 0.2) is 66.7 Å². The number of ether oxygens (including phenoxy) is 2. The number of halogens is 1. The van der Waals surface area contributed by atoms with Crippen molar-refractivity contribution >= 4 is 17.6 Å².